The topological polar surface area (TPSA) is 94.1 Å². The minimum Gasteiger partial charge on any atom is -0.504 e. The molecule has 0 bridgehead atoms. The van der Waals surface area contributed by atoms with Gasteiger partial charge in [-0.05, 0) is 88.6 Å². The summed E-state index contributed by atoms with van der Waals surface area (Å²) in [6.45, 7) is 5.39. The molecule has 3 fully saturated rings. The van der Waals surface area contributed by atoms with Crippen LogP contribution in [0.25, 0.3) is 0 Å². The molecule has 0 aromatic heterocycles. The molecule has 3 aliphatic rings. The van der Waals surface area contributed by atoms with Crippen molar-refractivity contribution in [3.63, 3.8) is 0 Å². The summed E-state index contributed by atoms with van der Waals surface area (Å²) in [5.41, 5.74) is 0.316. The number of unbranched alkanes of at least 4 members (excludes halogenated alkanes) is 2. The van der Waals surface area contributed by atoms with Gasteiger partial charge in [-0.2, -0.15) is 0 Å². The minimum absolute atomic E-state index is 0.0514. The lowest BCUT2D eigenvalue weighted by Gasteiger charge is -2.53. The third kappa shape index (κ3) is 7.57. The number of aromatic hydroxyl groups is 1. The predicted octanol–water partition coefficient (Wildman–Crippen LogP) is 6.88. The average molecular weight is 572 g/mol. The van der Waals surface area contributed by atoms with Crippen LogP contribution in [-0.2, 0) is 25.5 Å². The third-order valence-corrected chi connectivity index (χ3v) is 10.2. The summed E-state index contributed by atoms with van der Waals surface area (Å²) in [6, 6.07) is 5.59. The fraction of sp³-hybridized carbons (Fsp3) is 0.765. The fourth-order valence-corrected chi connectivity index (χ4v) is 8.13. The maximum atomic E-state index is 14.0. The summed E-state index contributed by atoms with van der Waals surface area (Å²) >= 11 is 0. The van der Waals surface area contributed by atoms with Crippen molar-refractivity contribution in [2.24, 2.45) is 16.7 Å². The SMILES string of the molecule is CCCCC[C@@H](OC(C)=O)C1([C@@H](OC(=O)C2CCCCC2)C2(Cc3ccc(O)c(OC)c3)CCNCC2)CCCC1. The van der Waals surface area contributed by atoms with Crippen molar-refractivity contribution in [1.82, 2.24) is 5.32 Å². The van der Waals surface area contributed by atoms with E-state index >= 15 is 0 Å². The predicted molar refractivity (Wildman–Crippen MR) is 160 cm³/mol. The van der Waals surface area contributed by atoms with Gasteiger partial charge in [0.05, 0.1) is 13.0 Å². The van der Waals surface area contributed by atoms with Gasteiger partial charge in [0.25, 0.3) is 0 Å². The smallest absolute Gasteiger partial charge is 0.309 e. The molecule has 1 aromatic rings. The van der Waals surface area contributed by atoms with Crippen molar-refractivity contribution in [3.8, 4) is 11.5 Å². The van der Waals surface area contributed by atoms with Gasteiger partial charge < -0.3 is 24.6 Å². The van der Waals surface area contributed by atoms with Gasteiger partial charge in [-0.1, -0.05) is 57.9 Å². The van der Waals surface area contributed by atoms with Crippen molar-refractivity contribution in [1.29, 1.82) is 0 Å². The molecule has 0 amide bonds. The summed E-state index contributed by atoms with van der Waals surface area (Å²) in [5, 5.41) is 13.8. The van der Waals surface area contributed by atoms with Crippen LogP contribution >= 0.6 is 0 Å². The van der Waals surface area contributed by atoms with Crippen LogP contribution in [0.5, 0.6) is 11.5 Å². The van der Waals surface area contributed by atoms with Crippen LogP contribution in [0, 0.1) is 16.7 Å². The van der Waals surface area contributed by atoms with Crippen LogP contribution in [-0.4, -0.2) is 49.5 Å². The monoisotopic (exact) mass is 571 g/mol. The molecule has 0 radical (unpaired) electrons. The largest absolute Gasteiger partial charge is 0.504 e. The number of esters is 2. The number of nitrogens with one attached hydrogen (secondary N) is 1. The maximum Gasteiger partial charge on any atom is 0.309 e. The molecule has 7 nitrogen and oxygen atoms in total. The Hall–Kier alpha value is -2.28. The van der Waals surface area contributed by atoms with Gasteiger partial charge in [-0.3, -0.25) is 9.59 Å². The van der Waals surface area contributed by atoms with Crippen LogP contribution in [0.1, 0.15) is 116 Å². The van der Waals surface area contributed by atoms with E-state index in [9.17, 15) is 14.7 Å². The number of phenolic OH excluding ortho intramolecular Hbond substituents is 1. The lowest BCUT2D eigenvalue weighted by atomic mass is 9.58. The van der Waals surface area contributed by atoms with Gasteiger partial charge in [-0.15, -0.1) is 0 Å². The van der Waals surface area contributed by atoms with E-state index in [1.165, 1.54) is 13.3 Å². The van der Waals surface area contributed by atoms with Crippen molar-refractivity contribution >= 4 is 11.9 Å². The number of phenols is 1. The highest BCUT2D eigenvalue weighted by Gasteiger charge is 2.59. The summed E-state index contributed by atoms with van der Waals surface area (Å²) in [5.74, 6) is 0.212. The molecule has 0 spiro atoms. The van der Waals surface area contributed by atoms with E-state index < -0.39 is 5.41 Å². The number of carbonyl (C=O) groups is 2. The molecule has 2 saturated carbocycles. The molecular weight excluding hydrogens is 518 g/mol. The van der Waals surface area contributed by atoms with E-state index in [1.807, 2.05) is 12.1 Å². The zero-order valence-corrected chi connectivity index (χ0v) is 25.7. The van der Waals surface area contributed by atoms with E-state index in [0.717, 1.165) is 109 Å². The Morgan fingerprint density at radius 1 is 1.00 bits per heavy atom. The van der Waals surface area contributed by atoms with Crippen LogP contribution in [0.15, 0.2) is 18.2 Å². The van der Waals surface area contributed by atoms with Gasteiger partial charge in [0, 0.05) is 17.8 Å². The van der Waals surface area contributed by atoms with Crippen LogP contribution in [0.4, 0.5) is 0 Å². The quantitative estimate of drug-likeness (QED) is 0.197. The summed E-state index contributed by atoms with van der Waals surface area (Å²) in [6.07, 6.45) is 14.8. The normalized spacial score (nSPS) is 22.0. The molecule has 1 aromatic carbocycles. The minimum atomic E-state index is -0.415. The standard InChI is InChI=1S/C34H53NO6/c1-4-5-7-14-30(40-25(2)36)34(17-10-11-18-34)32(41-31(38)27-12-8-6-9-13-27)33(19-21-35-22-20-33)24-26-15-16-28(37)29(23-26)39-3/h15-16,23,27,30,32,35,37H,4-14,17-22,24H2,1-3H3/t30-,32+/m1/s1. The highest BCUT2D eigenvalue weighted by Crippen LogP contribution is 2.56. The highest BCUT2D eigenvalue weighted by molar-refractivity contribution is 5.73. The number of hydrogen-bond donors (Lipinski definition) is 2. The zero-order chi connectivity index (χ0) is 29.3. The molecule has 41 heavy (non-hydrogen) atoms. The Labute approximate surface area is 247 Å². The van der Waals surface area contributed by atoms with Crippen molar-refractivity contribution in [2.45, 2.75) is 129 Å². The second-order valence-electron chi connectivity index (χ2n) is 13.0. The number of hydrogen-bond acceptors (Lipinski definition) is 7. The first-order valence-corrected chi connectivity index (χ1v) is 16.3. The van der Waals surface area contributed by atoms with E-state index in [2.05, 4.69) is 12.2 Å². The number of carbonyl (C=O) groups excluding carboxylic acids is 2. The second-order valence-corrected chi connectivity index (χ2v) is 13.0. The zero-order valence-electron chi connectivity index (χ0n) is 25.7. The summed E-state index contributed by atoms with van der Waals surface area (Å²) in [7, 11) is 1.57. The Morgan fingerprint density at radius 2 is 1.71 bits per heavy atom. The first kappa shape index (κ1) is 31.7. The highest BCUT2D eigenvalue weighted by atomic mass is 16.6. The lowest BCUT2D eigenvalue weighted by molar-refractivity contribution is -0.199. The van der Waals surface area contributed by atoms with Crippen molar-refractivity contribution in [3.05, 3.63) is 23.8 Å². The van der Waals surface area contributed by atoms with Gasteiger partial charge in [0.15, 0.2) is 11.5 Å². The molecule has 0 unspecified atom stereocenters. The third-order valence-electron chi connectivity index (χ3n) is 10.2. The van der Waals surface area contributed by atoms with Gasteiger partial charge in [0.1, 0.15) is 12.2 Å². The molecule has 1 heterocycles. The maximum absolute atomic E-state index is 14.0. The van der Waals surface area contributed by atoms with Gasteiger partial charge in [0.2, 0.25) is 0 Å². The Bertz CT molecular complexity index is 991. The molecule has 230 valence electrons. The molecule has 7 heteroatoms. The second kappa shape index (κ2) is 14.8. The van der Waals surface area contributed by atoms with Crippen molar-refractivity contribution < 1.29 is 28.9 Å². The number of benzene rings is 1. The molecule has 4 rings (SSSR count). The van der Waals surface area contributed by atoms with Gasteiger partial charge >= 0.3 is 11.9 Å². The number of methoxy groups -OCH3 is 1. The molecule has 1 saturated heterocycles. The van der Waals surface area contributed by atoms with Gasteiger partial charge in [-0.25, -0.2) is 0 Å². The van der Waals surface area contributed by atoms with E-state index in [4.69, 9.17) is 14.2 Å². The Balaban J connectivity index is 1.79. The number of ether oxygens (including phenoxy) is 3. The van der Waals surface area contributed by atoms with E-state index in [0.29, 0.717) is 12.2 Å². The van der Waals surface area contributed by atoms with Crippen LogP contribution < -0.4 is 10.1 Å². The summed E-state index contributed by atoms with van der Waals surface area (Å²) < 4.78 is 18.6. The van der Waals surface area contributed by atoms with E-state index in [1.54, 1.807) is 13.2 Å². The molecule has 2 aliphatic carbocycles. The molecule has 1 aliphatic heterocycles. The van der Waals surface area contributed by atoms with Crippen molar-refractivity contribution in [2.75, 3.05) is 20.2 Å². The van der Waals surface area contributed by atoms with Crippen LogP contribution in [0.2, 0.25) is 0 Å². The first-order chi connectivity index (χ1) is 19.8. The molecular formula is C34H53NO6. The number of rotatable bonds is 13. The molecule has 2 atom stereocenters. The average Bonchev–Trinajstić information content (AvgIpc) is 3.48. The fourth-order valence-electron chi connectivity index (χ4n) is 8.13. The first-order valence-electron chi connectivity index (χ1n) is 16.3. The Kier molecular flexibility index (Phi) is 11.4. The number of piperidine rings is 1. The lowest BCUT2D eigenvalue weighted by Crippen LogP contribution is -2.59. The van der Waals surface area contributed by atoms with E-state index in [-0.39, 0.29) is 41.2 Å². The summed E-state index contributed by atoms with van der Waals surface area (Å²) in [4.78, 5) is 26.5. The molecule has 2 N–H and O–H groups in total. The Morgan fingerprint density at radius 3 is 2.34 bits per heavy atom. The van der Waals surface area contributed by atoms with Crippen LogP contribution in [0.3, 0.4) is 0 Å².